The second-order valence-electron chi connectivity index (χ2n) is 7.12. The first kappa shape index (κ1) is 21.7. The minimum Gasteiger partial charge on any atom is -0.598 e. The van der Waals surface area contributed by atoms with Crippen molar-refractivity contribution >= 4 is 17.3 Å². The molecule has 1 aromatic rings. The number of pyridine rings is 1. The van der Waals surface area contributed by atoms with Gasteiger partial charge in [0, 0.05) is 23.8 Å². The van der Waals surface area contributed by atoms with Gasteiger partial charge in [0.05, 0.1) is 31.0 Å². The Labute approximate surface area is 154 Å². The predicted octanol–water partition coefficient (Wildman–Crippen LogP) is 2.89. The minimum atomic E-state index is -1.21. The van der Waals surface area contributed by atoms with Crippen molar-refractivity contribution in [1.29, 1.82) is 0 Å². The molecular formula is C18H30N2O4S. The quantitative estimate of drug-likeness (QED) is 0.559. The molecule has 1 aromatic heterocycles. The predicted molar refractivity (Wildman–Crippen MR) is 100 cm³/mol. The van der Waals surface area contributed by atoms with Gasteiger partial charge in [0.1, 0.15) is 4.75 Å². The van der Waals surface area contributed by atoms with Crippen molar-refractivity contribution in [2.75, 3.05) is 13.7 Å². The standard InChI is InChI=1S/C18H30N2O4S/c1-8-24-17(21)13-9-10-16(23-7)19-15(13)11-14(12(2)3)20-25(22)18(4,5)6/h9-10,12,14,20H,8,11H2,1-7H3. The van der Waals surface area contributed by atoms with Gasteiger partial charge in [-0.15, -0.1) is 4.72 Å². The second kappa shape index (κ2) is 9.40. The summed E-state index contributed by atoms with van der Waals surface area (Å²) in [7, 11) is 1.53. The average Bonchev–Trinajstić information content (AvgIpc) is 2.53. The molecule has 0 saturated heterocycles. The SMILES string of the molecule is CCOC(=O)c1ccc(OC)nc1CC(N[S+]([O-])C(C)(C)C)C(C)C. The summed E-state index contributed by atoms with van der Waals surface area (Å²) in [5.41, 5.74) is 0.992. The summed E-state index contributed by atoms with van der Waals surface area (Å²) >= 11 is -1.21. The first-order valence-corrected chi connectivity index (χ1v) is 9.64. The third-order valence-corrected chi connectivity index (χ3v) is 5.31. The lowest BCUT2D eigenvalue weighted by Gasteiger charge is -2.29. The van der Waals surface area contributed by atoms with Crippen molar-refractivity contribution in [1.82, 2.24) is 9.71 Å². The third-order valence-electron chi connectivity index (χ3n) is 3.69. The van der Waals surface area contributed by atoms with Crippen LogP contribution < -0.4 is 9.46 Å². The fourth-order valence-corrected chi connectivity index (χ4v) is 3.07. The maximum absolute atomic E-state index is 12.5. The molecule has 0 aliphatic heterocycles. The largest absolute Gasteiger partial charge is 0.598 e. The number of ether oxygens (including phenoxy) is 2. The van der Waals surface area contributed by atoms with E-state index in [0.29, 0.717) is 30.2 Å². The van der Waals surface area contributed by atoms with Gasteiger partial charge in [0.15, 0.2) is 0 Å². The molecule has 25 heavy (non-hydrogen) atoms. The number of nitrogens with zero attached hydrogens (tertiary/aromatic N) is 1. The van der Waals surface area contributed by atoms with E-state index >= 15 is 0 Å². The molecule has 0 radical (unpaired) electrons. The number of methoxy groups -OCH3 is 1. The first-order valence-electron chi connectivity index (χ1n) is 8.49. The van der Waals surface area contributed by atoms with E-state index in [1.807, 2.05) is 34.6 Å². The van der Waals surface area contributed by atoms with Crippen LogP contribution in [0.2, 0.25) is 0 Å². The maximum Gasteiger partial charge on any atom is 0.339 e. The smallest absolute Gasteiger partial charge is 0.339 e. The van der Waals surface area contributed by atoms with Gasteiger partial charge in [0.2, 0.25) is 5.88 Å². The fraction of sp³-hybridized carbons (Fsp3) is 0.667. The van der Waals surface area contributed by atoms with Gasteiger partial charge in [-0.3, -0.25) is 0 Å². The summed E-state index contributed by atoms with van der Waals surface area (Å²) < 4.78 is 25.6. The Morgan fingerprint density at radius 2 is 2.00 bits per heavy atom. The Morgan fingerprint density at radius 1 is 1.36 bits per heavy atom. The van der Waals surface area contributed by atoms with Crippen molar-refractivity contribution in [2.24, 2.45) is 5.92 Å². The molecule has 2 atom stereocenters. The van der Waals surface area contributed by atoms with Gasteiger partial charge < -0.3 is 14.0 Å². The van der Waals surface area contributed by atoms with Crippen molar-refractivity contribution < 1.29 is 18.8 Å². The van der Waals surface area contributed by atoms with Gasteiger partial charge >= 0.3 is 5.97 Å². The minimum absolute atomic E-state index is 0.104. The van der Waals surface area contributed by atoms with E-state index in [4.69, 9.17) is 9.47 Å². The van der Waals surface area contributed by atoms with E-state index in [2.05, 4.69) is 9.71 Å². The highest BCUT2D eigenvalue weighted by atomic mass is 32.2. The van der Waals surface area contributed by atoms with Crippen LogP contribution in [0.5, 0.6) is 5.88 Å². The molecule has 1 N–H and O–H groups in total. The fourth-order valence-electron chi connectivity index (χ4n) is 2.08. The summed E-state index contributed by atoms with van der Waals surface area (Å²) in [6, 6.07) is 3.20. The van der Waals surface area contributed by atoms with Crippen LogP contribution in [0.25, 0.3) is 0 Å². The molecule has 2 unspecified atom stereocenters. The van der Waals surface area contributed by atoms with Crippen LogP contribution in [0.3, 0.4) is 0 Å². The van der Waals surface area contributed by atoms with Crippen LogP contribution in [0.15, 0.2) is 12.1 Å². The number of hydrogen-bond acceptors (Lipinski definition) is 6. The van der Waals surface area contributed by atoms with E-state index in [-0.39, 0.29) is 16.7 Å². The summed E-state index contributed by atoms with van der Waals surface area (Å²) in [6.07, 6.45) is 0.449. The number of rotatable bonds is 8. The van der Waals surface area contributed by atoms with Crippen LogP contribution in [0.1, 0.15) is 57.6 Å². The molecule has 0 aliphatic rings. The zero-order chi connectivity index (χ0) is 19.2. The normalized spacial score (nSPS) is 14.3. The molecular weight excluding hydrogens is 340 g/mol. The molecule has 7 heteroatoms. The topological polar surface area (TPSA) is 83.5 Å². The van der Waals surface area contributed by atoms with E-state index in [0.717, 1.165) is 0 Å². The lowest BCUT2D eigenvalue weighted by molar-refractivity contribution is 0.0524. The number of nitrogens with one attached hydrogen (secondary N) is 1. The zero-order valence-electron chi connectivity index (χ0n) is 16.2. The number of esters is 1. The Hall–Kier alpha value is -1.31. The van der Waals surface area contributed by atoms with Crippen LogP contribution in [-0.4, -0.2) is 40.0 Å². The van der Waals surface area contributed by atoms with Crippen molar-refractivity contribution in [3.05, 3.63) is 23.4 Å². The van der Waals surface area contributed by atoms with E-state index in [9.17, 15) is 9.35 Å². The number of aromatic nitrogens is 1. The summed E-state index contributed by atoms with van der Waals surface area (Å²) in [4.78, 5) is 16.6. The molecule has 0 bridgehead atoms. The summed E-state index contributed by atoms with van der Waals surface area (Å²) in [6.45, 7) is 11.9. The molecule has 0 aliphatic carbocycles. The molecule has 0 fully saturated rings. The lowest BCUT2D eigenvalue weighted by atomic mass is 9.98. The maximum atomic E-state index is 12.5. The Bertz CT molecular complexity index is 573. The average molecular weight is 371 g/mol. The highest BCUT2D eigenvalue weighted by Crippen LogP contribution is 2.21. The van der Waals surface area contributed by atoms with Crippen LogP contribution in [-0.2, 0) is 22.5 Å². The number of carbonyl (C=O) groups is 1. The monoisotopic (exact) mass is 370 g/mol. The van der Waals surface area contributed by atoms with Crippen molar-refractivity contribution in [3.8, 4) is 5.88 Å². The Kier molecular flexibility index (Phi) is 8.18. The van der Waals surface area contributed by atoms with Crippen molar-refractivity contribution in [2.45, 2.75) is 58.8 Å². The lowest BCUT2D eigenvalue weighted by Crippen LogP contribution is -2.47. The van der Waals surface area contributed by atoms with Gasteiger partial charge in [0.25, 0.3) is 0 Å². The first-order chi connectivity index (χ1) is 11.6. The third kappa shape index (κ3) is 6.49. The molecule has 1 rings (SSSR count). The van der Waals surface area contributed by atoms with Gasteiger partial charge in [-0.1, -0.05) is 13.8 Å². The molecule has 0 saturated carbocycles. The highest BCUT2D eigenvalue weighted by Gasteiger charge is 2.31. The molecule has 0 spiro atoms. The molecule has 142 valence electrons. The van der Waals surface area contributed by atoms with Gasteiger partial charge in [-0.05, 0) is 39.7 Å². The Morgan fingerprint density at radius 3 is 2.48 bits per heavy atom. The Balaban J connectivity index is 3.11. The molecule has 6 nitrogen and oxygen atoms in total. The van der Waals surface area contributed by atoms with Gasteiger partial charge in [-0.25, -0.2) is 9.78 Å². The number of hydrogen-bond donors (Lipinski definition) is 1. The second-order valence-corrected chi connectivity index (χ2v) is 9.12. The van der Waals surface area contributed by atoms with Crippen molar-refractivity contribution in [3.63, 3.8) is 0 Å². The van der Waals surface area contributed by atoms with Crippen LogP contribution >= 0.6 is 0 Å². The van der Waals surface area contributed by atoms with Crippen LogP contribution in [0, 0.1) is 5.92 Å². The highest BCUT2D eigenvalue weighted by molar-refractivity contribution is 7.90. The van der Waals surface area contributed by atoms with Gasteiger partial charge in [-0.2, -0.15) is 0 Å². The van der Waals surface area contributed by atoms with E-state index < -0.39 is 17.3 Å². The zero-order valence-corrected chi connectivity index (χ0v) is 17.0. The summed E-state index contributed by atoms with van der Waals surface area (Å²) in [5, 5.41) is 0. The molecule has 1 heterocycles. The van der Waals surface area contributed by atoms with E-state index in [1.54, 1.807) is 19.1 Å². The molecule has 0 aromatic carbocycles. The number of carbonyl (C=O) groups excluding carboxylic acids is 1. The molecule has 0 amide bonds. The van der Waals surface area contributed by atoms with E-state index in [1.165, 1.54) is 7.11 Å². The van der Waals surface area contributed by atoms with Crippen LogP contribution in [0.4, 0.5) is 0 Å². The summed E-state index contributed by atoms with van der Waals surface area (Å²) in [5.74, 6) is 0.226.